The van der Waals surface area contributed by atoms with Crippen LogP contribution >= 0.6 is 43.5 Å². The molecule has 0 N–H and O–H groups in total. The summed E-state index contributed by atoms with van der Waals surface area (Å²) in [7, 11) is 1.61. The lowest BCUT2D eigenvalue weighted by molar-refractivity contribution is 0.408. The molecule has 0 unspecified atom stereocenters. The number of hydrogen-bond acceptors (Lipinski definition) is 4. The monoisotopic (exact) mass is 434 g/mol. The smallest absolute Gasteiger partial charge is 0.227 e. The maximum Gasteiger partial charge on any atom is 0.227 e. The van der Waals surface area contributed by atoms with Gasteiger partial charge in [0, 0.05) is 12.0 Å². The Labute approximate surface area is 145 Å². The fraction of sp³-hybridized carbons (Fsp3) is 0.286. The Morgan fingerprint density at radius 1 is 1.14 bits per heavy atom. The number of hydrogen-bond donors (Lipinski definition) is 0. The van der Waals surface area contributed by atoms with Crippen molar-refractivity contribution in [1.29, 1.82) is 0 Å². The van der Waals surface area contributed by atoms with Gasteiger partial charge in [0.2, 0.25) is 5.88 Å². The van der Waals surface area contributed by atoms with Gasteiger partial charge in [-0.3, -0.25) is 0 Å². The van der Waals surface area contributed by atoms with Crippen molar-refractivity contribution < 1.29 is 9.47 Å². The lowest BCUT2D eigenvalue weighted by Crippen LogP contribution is -2.00. The Kier molecular flexibility index (Phi) is 5.46. The number of rotatable bonds is 4. The molecule has 1 heterocycles. The van der Waals surface area contributed by atoms with Crippen LogP contribution in [0.2, 0.25) is 5.15 Å². The third-order valence-electron chi connectivity index (χ3n) is 2.82. The lowest BCUT2D eigenvalue weighted by Gasteiger charge is -2.13. The fourth-order valence-corrected chi connectivity index (χ4v) is 2.68. The molecular formula is C14H13Br2ClN2O2. The molecule has 0 saturated heterocycles. The van der Waals surface area contributed by atoms with Crippen LogP contribution in [0.15, 0.2) is 21.1 Å². The first-order chi connectivity index (χ1) is 9.96. The molecule has 0 atom stereocenters. The molecule has 1 aromatic carbocycles. The predicted molar refractivity (Wildman–Crippen MR) is 89.6 cm³/mol. The molecule has 0 aliphatic heterocycles. The minimum Gasteiger partial charge on any atom is -0.496 e. The second kappa shape index (κ2) is 6.94. The van der Waals surface area contributed by atoms with Crippen molar-refractivity contribution >= 4 is 43.5 Å². The van der Waals surface area contributed by atoms with Crippen molar-refractivity contribution in [2.75, 3.05) is 7.11 Å². The zero-order chi connectivity index (χ0) is 15.6. The molecule has 0 spiro atoms. The van der Waals surface area contributed by atoms with E-state index >= 15 is 0 Å². The van der Waals surface area contributed by atoms with E-state index in [1.807, 2.05) is 26.0 Å². The molecule has 1 aromatic heterocycles. The molecule has 0 aliphatic rings. The standard InChI is InChI=1S/C14H13Br2ClN2O2/c1-4-12-18-13(17)7(2)14(19-12)21-11-6-8(15)10(20-3)5-9(11)16/h5-6H,4H2,1-3H3. The molecule has 2 aromatic rings. The average Bonchev–Trinajstić information content (AvgIpc) is 2.46. The van der Waals surface area contributed by atoms with Crippen LogP contribution in [0, 0.1) is 6.92 Å². The van der Waals surface area contributed by atoms with E-state index in [1.165, 1.54) is 0 Å². The van der Waals surface area contributed by atoms with Crippen molar-refractivity contribution in [3.05, 3.63) is 37.6 Å². The van der Waals surface area contributed by atoms with Crippen molar-refractivity contribution in [2.24, 2.45) is 0 Å². The number of ether oxygens (including phenoxy) is 2. The molecule has 112 valence electrons. The summed E-state index contributed by atoms with van der Waals surface area (Å²) in [5, 5.41) is 0.403. The molecular weight excluding hydrogens is 423 g/mol. The van der Waals surface area contributed by atoms with Crippen LogP contribution in [0.1, 0.15) is 18.3 Å². The van der Waals surface area contributed by atoms with Gasteiger partial charge in [-0.2, -0.15) is 4.98 Å². The number of benzene rings is 1. The summed E-state index contributed by atoms with van der Waals surface area (Å²) in [6.45, 7) is 3.79. The van der Waals surface area contributed by atoms with Gasteiger partial charge in [-0.15, -0.1) is 0 Å². The third kappa shape index (κ3) is 3.67. The number of nitrogens with zero attached hydrogens (tertiary/aromatic N) is 2. The normalized spacial score (nSPS) is 10.6. The largest absolute Gasteiger partial charge is 0.496 e. The highest BCUT2D eigenvalue weighted by molar-refractivity contribution is 9.11. The first-order valence-corrected chi connectivity index (χ1v) is 8.16. The second-order valence-corrected chi connectivity index (χ2v) is 6.30. The molecule has 21 heavy (non-hydrogen) atoms. The van der Waals surface area contributed by atoms with Gasteiger partial charge >= 0.3 is 0 Å². The van der Waals surface area contributed by atoms with E-state index in [4.69, 9.17) is 21.1 Å². The van der Waals surface area contributed by atoms with E-state index in [-0.39, 0.29) is 0 Å². The highest BCUT2D eigenvalue weighted by Crippen LogP contribution is 2.38. The number of aryl methyl sites for hydroxylation is 1. The van der Waals surface area contributed by atoms with Gasteiger partial charge in [0.15, 0.2) is 0 Å². The van der Waals surface area contributed by atoms with Crippen LogP contribution in [0.3, 0.4) is 0 Å². The Morgan fingerprint density at radius 3 is 2.38 bits per heavy atom. The Balaban J connectivity index is 2.43. The molecule has 0 saturated carbocycles. The molecule has 4 nitrogen and oxygen atoms in total. The van der Waals surface area contributed by atoms with Crippen molar-refractivity contribution in [3.8, 4) is 17.4 Å². The topological polar surface area (TPSA) is 44.2 Å². The van der Waals surface area contributed by atoms with Gasteiger partial charge in [-0.1, -0.05) is 18.5 Å². The summed E-state index contributed by atoms with van der Waals surface area (Å²) in [6, 6.07) is 3.63. The summed E-state index contributed by atoms with van der Waals surface area (Å²) in [4.78, 5) is 8.57. The van der Waals surface area contributed by atoms with Crippen LogP contribution < -0.4 is 9.47 Å². The van der Waals surface area contributed by atoms with Crippen molar-refractivity contribution in [2.45, 2.75) is 20.3 Å². The number of aromatic nitrogens is 2. The maximum atomic E-state index is 6.11. The van der Waals surface area contributed by atoms with Gasteiger partial charge < -0.3 is 9.47 Å². The highest BCUT2D eigenvalue weighted by atomic mass is 79.9. The molecule has 0 bridgehead atoms. The minimum atomic E-state index is 0.403. The maximum absolute atomic E-state index is 6.11. The number of methoxy groups -OCH3 is 1. The molecule has 7 heteroatoms. The average molecular weight is 437 g/mol. The Hall–Kier alpha value is -0.850. The van der Waals surface area contributed by atoms with E-state index in [1.54, 1.807) is 7.11 Å². The first kappa shape index (κ1) is 16.5. The van der Waals surface area contributed by atoms with Gasteiger partial charge in [0.05, 0.1) is 16.1 Å². The summed E-state index contributed by atoms with van der Waals surface area (Å²) in [5.74, 6) is 2.41. The van der Waals surface area contributed by atoms with Crippen LogP contribution in [0.25, 0.3) is 0 Å². The van der Waals surface area contributed by atoms with Gasteiger partial charge in [-0.25, -0.2) is 4.98 Å². The molecule has 0 aliphatic carbocycles. The van der Waals surface area contributed by atoms with Gasteiger partial charge in [0.1, 0.15) is 22.5 Å². The van der Waals surface area contributed by atoms with Crippen molar-refractivity contribution in [3.63, 3.8) is 0 Å². The molecule has 0 amide bonds. The van der Waals surface area contributed by atoms with Crippen LogP contribution in [-0.2, 0) is 6.42 Å². The van der Waals surface area contributed by atoms with Gasteiger partial charge in [-0.05, 0) is 50.9 Å². The van der Waals surface area contributed by atoms with E-state index in [9.17, 15) is 0 Å². The summed E-state index contributed by atoms with van der Waals surface area (Å²) in [6.07, 6.45) is 0.684. The van der Waals surface area contributed by atoms with Gasteiger partial charge in [0.25, 0.3) is 0 Å². The fourth-order valence-electron chi connectivity index (χ4n) is 1.62. The predicted octanol–water partition coefficient (Wildman–Crippen LogP) is 5.33. The molecule has 2 rings (SSSR count). The summed E-state index contributed by atoms with van der Waals surface area (Å²) < 4.78 is 12.7. The first-order valence-electron chi connectivity index (χ1n) is 6.20. The molecule has 0 radical (unpaired) electrons. The summed E-state index contributed by atoms with van der Waals surface area (Å²) >= 11 is 13.0. The zero-order valence-electron chi connectivity index (χ0n) is 11.7. The lowest BCUT2D eigenvalue weighted by atomic mass is 10.3. The van der Waals surface area contributed by atoms with Crippen LogP contribution in [0.5, 0.6) is 17.4 Å². The van der Waals surface area contributed by atoms with E-state index in [0.29, 0.717) is 40.3 Å². The second-order valence-electron chi connectivity index (χ2n) is 4.23. The Morgan fingerprint density at radius 2 is 1.76 bits per heavy atom. The van der Waals surface area contributed by atoms with E-state index in [0.717, 1.165) is 8.95 Å². The van der Waals surface area contributed by atoms with E-state index in [2.05, 4.69) is 41.8 Å². The van der Waals surface area contributed by atoms with Crippen LogP contribution in [0.4, 0.5) is 0 Å². The zero-order valence-corrected chi connectivity index (χ0v) is 15.6. The number of halogens is 3. The van der Waals surface area contributed by atoms with E-state index < -0.39 is 0 Å². The van der Waals surface area contributed by atoms with Crippen molar-refractivity contribution in [1.82, 2.24) is 9.97 Å². The SMILES string of the molecule is CCc1nc(Cl)c(C)c(Oc2cc(Br)c(OC)cc2Br)n1. The summed E-state index contributed by atoms with van der Waals surface area (Å²) in [5.41, 5.74) is 0.702. The highest BCUT2D eigenvalue weighted by Gasteiger charge is 2.14. The quantitative estimate of drug-likeness (QED) is 0.608. The third-order valence-corrected chi connectivity index (χ3v) is 4.42. The van der Waals surface area contributed by atoms with Crippen LogP contribution in [-0.4, -0.2) is 17.1 Å². The molecule has 0 fully saturated rings. The minimum absolute atomic E-state index is 0.403. The Bertz CT molecular complexity index is 681.